The van der Waals surface area contributed by atoms with Crippen molar-refractivity contribution in [2.45, 2.75) is 13.0 Å². The first kappa shape index (κ1) is 24.8. The molecular weight excluding hydrogens is 488 g/mol. The highest BCUT2D eigenvalue weighted by atomic mass is 32.1. The highest BCUT2D eigenvalue weighted by Gasteiger charge is 2.24. The Hall–Kier alpha value is -3.89. The van der Waals surface area contributed by atoms with Crippen LogP contribution in [0.2, 0.25) is 0 Å². The number of carbonyl (C=O) groups is 3. The summed E-state index contributed by atoms with van der Waals surface area (Å²) < 4.78 is 0.935. The van der Waals surface area contributed by atoms with E-state index in [1.807, 2.05) is 31.2 Å². The first-order valence-electron chi connectivity index (χ1n) is 12.3. The lowest BCUT2D eigenvalue weighted by Crippen LogP contribution is -2.44. The Morgan fingerprint density at radius 2 is 1.89 bits per heavy atom. The maximum absolute atomic E-state index is 13.2. The van der Waals surface area contributed by atoms with Crippen molar-refractivity contribution >= 4 is 61.9 Å². The van der Waals surface area contributed by atoms with Crippen LogP contribution >= 0.6 is 11.3 Å². The number of fused-ring (bicyclic) bond motifs is 3. The van der Waals surface area contributed by atoms with Gasteiger partial charge in [0.15, 0.2) is 0 Å². The number of thiophene rings is 1. The molecule has 2 aromatic carbocycles. The van der Waals surface area contributed by atoms with Crippen LogP contribution < -0.4 is 26.2 Å². The predicted molar refractivity (Wildman–Crippen MR) is 150 cm³/mol. The Bertz CT molecular complexity index is 1390. The topological polar surface area (TPSA) is 106 Å². The average molecular weight is 519 g/mol. The van der Waals surface area contributed by atoms with Crippen LogP contribution in [0.25, 0.3) is 10.1 Å². The molecule has 37 heavy (non-hydrogen) atoms. The third-order valence-electron chi connectivity index (χ3n) is 6.66. The van der Waals surface area contributed by atoms with E-state index in [9.17, 15) is 14.4 Å². The molecule has 0 saturated carbocycles. The summed E-state index contributed by atoms with van der Waals surface area (Å²) in [7, 11) is 2.09. The quantitative estimate of drug-likeness (QED) is 0.385. The van der Waals surface area contributed by atoms with Gasteiger partial charge in [-0.2, -0.15) is 0 Å². The highest BCUT2D eigenvalue weighted by Crippen LogP contribution is 2.37. The standard InChI is InChI=1S/C27H30N6O3S/c1-4-23(34)31-20-14-18(6-7-21(20)33-11-9-32(3)10-12-33)30-26(35)17-5-8-22-19(13-17)24-25(37-22)27(36)29-16(2)15-28-24/h4-8,13-14,16,28H,1,9-12,15H2,2-3H3,(H,29,36)(H,30,35)(H,31,34)/t16-/m1/s1. The molecule has 3 aromatic rings. The van der Waals surface area contributed by atoms with Gasteiger partial charge in [0.2, 0.25) is 5.91 Å². The van der Waals surface area contributed by atoms with Crippen molar-refractivity contribution in [1.29, 1.82) is 0 Å². The first-order chi connectivity index (χ1) is 17.8. The Morgan fingerprint density at radius 1 is 1.11 bits per heavy atom. The lowest BCUT2D eigenvalue weighted by Gasteiger charge is -2.35. The number of benzene rings is 2. The maximum atomic E-state index is 13.2. The predicted octanol–water partition coefficient (Wildman–Crippen LogP) is 3.57. The molecule has 1 aromatic heterocycles. The summed E-state index contributed by atoms with van der Waals surface area (Å²) >= 11 is 1.41. The van der Waals surface area contributed by atoms with E-state index in [-0.39, 0.29) is 23.8 Å². The van der Waals surface area contributed by atoms with Gasteiger partial charge < -0.3 is 31.1 Å². The number of hydrogen-bond donors (Lipinski definition) is 4. The zero-order chi connectivity index (χ0) is 26.1. The zero-order valence-corrected chi connectivity index (χ0v) is 21.7. The maximum Gasteiger partial charge on any atom is 0.263 e. The monoisotopic (exact) mass is 518 g/mol. The number of piperazine rings is 1. The number of amides is 3. The highest BCUT2D eigenvalue weighted by molar-refractivity contribution is 7.21. The molecule has 2 aliphatic heterocycles. The summed E-state index contributed by atoms with van der Waals surface area (Å²) in [6.07, 6.45) is 1.23. The van der Waals surface area contributed by atoms with Gasteiger partial charge in [-0.05, 0) is 56.4 Å². The normalized spacial score (nSPS) is 17.8. The smallest absolute Gasteiger partial charge is 0.263 e. The molecule has 3 heterocycles. The van der Waals surface area contributed by atoms with Crippen LogP contribution in [0.5, 0.6) is 0 Å². The SMILES string of the molecule is C=CC(=O)Nc1cc(NC(=O)c2ccc3sc4c(c3c2)NC[C@@H](C)NC4=O)ccc1N1CCN(C)CC1. The molecule has 0 spiro atoms. The molecule has 0 aliphatic carbocycles. The van der Waals surface area contributed by atoms with Gasteiger partial charge in [0.1, 0.15) is 4.88 Å². The molecule has 1 fully saturated rings. The van der Waals surface area contributed by atoms with Gasteiger partial charge in [-0.3, -0.25) is 14.4 Å². The summed E-state index contributed by atoms with van der Waals surface area (Å²) in [6, 6.07) is 11.0. The van der Waals surface area contributed by atoms with E-state index < -0.39 is 0 Å². The Labute approximate surface area is 219 Å². The van der Waals surface area contributed by atoms with Crippen LogP contribution in [-0.2, 0) is 4.79 Å². The number of anilines is 4. The largest absolute Gasteiger partial charge is 0.381 e. The van der Waals surface area contributed by atoms with E-state index in [0.717, 1.165) is 47.6 Å². The minimum absolute atomic E-state index is 0.0122. The zero-order valence-electron chi connectivity index (χ0n) is 20.9. The number of nitrogens with one attached hydrogen (secondary N) is 4. The van der Waals surface area contributed by atoms with Gasteiger partial charge >= 0.3 is 0 Å². The van der Waals surface area contributed by atoms with E-state index >= 15 is 0 Å². The van der Waals surface area contributed by atoms with Gasteiger partial charge in [-0.1, -0.05) is 6.58 Å². The van der Waals surface area contributed by atoms with Gasteiger partial charge in [0, 0.05) is 60.1 Å². The van der Waals surface area contributed by atoms with E-state index in [1.54, 1.807) is 12.1 Å². The lowest BCUT2D eigenvalue weighted by molar-refractivity contribution is -0.111. The summed E-state index contributed by atoms with van der Waals surface area (Å²) in [5.74, 6) is -0.691. The van der Waals surface area contributed by atoms with Crippen molar-refractivity contribution < 1.29 is 14.4 Å². The van der Waals surface area contributed by atoms with E-state index in [0.29, 0.717) is 28.4 Å². The third-order valence-corrected chi connectivity index (χ3v) is 7.83. The number of nitrogens with zero attached hydrogens (tertiary/aromatic N) is 2. The second kappa shape index (κ2) is 10.2. The molecule has 0 unspecified atom stereocenters. The van der Waals surface area contributed by atoms with E-state index in [2.05, 4.69) is 44.7 Å². The Kier molecular flexibility index (Phi) is 6.86. The molecule has 9 nitrogen and oxygen atoms in total. The summed E-state index contributed by atoms with van der Waals surface area (Å²) in [4.78, 5) is 43.0. The van der Waals surface area contributed by atoms with Crippen LogP contribution in [0, 0.1) is 0 Å². The van der Waals surface area contributed by atoms with E-state index in [4.69, 9.17) is 0 Å². The van der Waals surface area contributed by atoms with Crippen molar-refractivity contribution in [3.63, 3.8) is 0 Å². The van der Waals surface area contributed by atoms with Crippen LogP contribution in [-0.4, -0.2) is 68.4 Å². The molecule has 5 rings (SSSR count). The summed E-state index contributed by atoms with van der Waals surface area (Å²) in [5, 5.41) is 13.0. The molecule has 0 radical (unpaired) electrons. The molecule has 3 amide bonds. The van der Waals surface area contributed by atoms with Crippen LogP contribution in [0.3, 0.4) is 0 Å². The minimum Gasteiger partial charge on any atom is -0.381 e. The molecule has 0 bridgehead atoms. The minimum atomic E-state index is -0.312. The molecule has 4 N–H and O–H groups in total. The molecule has 192 valence electrons. The van der Waals surface area contributed by atoms with Gasteiger partial charge in [0.05, 0.1) is 17.1 Å². The first-order valence-corrected chi connectivity index (χ1v) is 13.1. The number of rotatable bonds is 5. The van der Waals surface area contributed by atoms with Gasteiger partial charge in [-0.25, -0.2) is 0 Å². The fraction of sp³-hybridized carbons (Fsp3) is 0.296. The van der Waals surface area contributed by atoms with Crippen molar-refractivity contribution in [1.82, 2.24) is 10.2 Å². The van der Waals surface area contributed by atoms with E-state index in [1.165, 1.54) is 17.4 Å². The van der Waals surface area contributed by atoms with Crippen LogP contribution in [0.4, 0.5) is 22.7 Å². The van der Waals surface area contributed by atoms with Crippen LogP contribution in [0.1, 0.15) is 27.0 Å². The molecule has 1 saturated heterocycles. The summed E-state index contributed by atoms with van der Waals surface area (Å²) in [6.45, 7) is 9.65. The molecule has 2 aliphatic rings. The average Bonchev–Trinajstić information content (AvgIpc) is 3.19. The molecule has 10 heteroatoms. The van der Waals surface area contributed by atoms with Crippen molar-refractivity contribution in [3.8, 4) is 0 Å². The van der Waals surface area contributed by atoms with Gasteiger partial charge in [0.25, 0.3) is 11.8 Å². The third kappa shape index (κ3) is 5.16. The van der Waals surface area contributed by atoms with Crippen LogP contribution in [0.15, 0.2) is 49.1 Å². The fourth-order valence-electron chi connectivity index (χ4n) is 4.59. The Morgan fingerprint density at radius 3 is 2.65 bits per heavy atom. The Balaban J connectivity index is 1.41. The van der Waals surface area contributed by atoms with Crippen molar-refractivity contribution in [2.75, 3.05) is 60.6 Å². The van der Waals surface area contributed by atoms with Crippen molar-refractivity contribution in [2.24, 2.45) is 0 Å². The molecular formula is C27H30N6O3S. The number of likely N-dealkylation sites (N-methyl/N-ethyl adjacent to an activating group) is 1. The molecule has 1 atom stereocenters. The summed E-state index contributed by atoms with van der Waals surface area (Å²) in [5.41, 5.74) is 3.34. The second-order valence-electron chi connectivity index (χ2n) is 9.44. The van der Waals surface area contributed by atoms with Gasteiger partial charge in [-0.15, -0.1) is 11.3 Å². The van der Waals surface area contributed by atoms with Crippen molar-refractivity contribution in [3.05, 3.63) is 59.5 Å². The number of carbonyl (C=O) groups excluding carboxylic acids is 3. The lowest BCUT2D eigenvalue weighted by atomic mass is 10.1. The second-order valence-corrected chi connectivity index (χ2v) is 10.5. The fourth-order valence-corrected chi connectivity index (χ4v) is 5.66. The number of hydrogen-bond acceptors (Lipinski definition) is 7.